The Hall–Kier alpha value is -7.16. The molecule has 11 aromatic rings. The second-order valence-electron chi connectivity index (χ2n) is 19.1. The molecule has 0 fully saturated rings. The van der Waals surface area contributed by atoms with Crippen LogP contribution in [0, 0.1) is 0 Å². The number of fused-ring (bicyclic) bond motifs is 3. The Bertz CT molecular complexity index is 3380. The van der Waals surface area contributed by atoms with Crippen LogP contribution in [0.2, 0.25) is 0 Å². The zero-order valence-electron chi connectivity index (χ0n) is 36.4. The highest BCUT2D eigenvalue weighted by Crippen LogP contribution is 2.46. The molecule has 0 aliphatic carbocycles. The summed E-state index contributed by atoms with van der Waals surface area (Å²) in [6.45, 7) is 13.9. The van der Waals surface area contributed by atoms with E-state index in [-0.39, 0.29) is 10.8 Å². The smallest absolute Gasteiger partial charge is 0.0541 e. The number of para-hydroxylation sites is 1. The van der Waals surface area contributed by atoms with E-state index in [0.717, 1.165) is 17.1 Å². The van der Waals surface area contributed by atoms with Crippen molar-refractivity contribution < 1.29 is 0 Å². The van der Waals surface area contributed by atoms with E-state index < -0.39 is 0 Å². The highest BCUT2D eigenvalue weighted by atomic mass is 15.1. The molecule has 0 saturated carbocycles. The predicted octanol–water partition coefficient (Wildman–Crippen LogP) is 17.1. The molecule has 1 aromatic heterocycles. The van der Waals surface area contributed by atoms with Crippen LogP contribution < -0.4 is 4.90 Å². The van der Waals surface area contributed by atoms with Crippen LogP contribution in [0.5, 0.6) is 0 Å². The van der Waals surface area contributed by atoms with Gasteiger partial charge in [0.15, 0.2) is 0 Å². The van der Waals surface area contributed by atoms with Crippen molar-refractivity contribution >= 4 is 71.2 Å². The topological polar surface area (TPSA) is 8.17 Å². The first-order valence-electron chi connectivity index (χ1n) is 21.9. The Balaban J connectivity index is 1.09. The maximum absolute atomic E-state index is 2.52. The largest absolute Gasteiger partial charge is 0.310 e. The van der Waals surface area contributed by atoms with Gasteiger partial charge in [-0.25, -0.2) is 0 Å². The summed E-state index contributed by atoms with van der Waals surface area (Å²) in [5.74, 6) is 0. The lowest BCUT2D eigenvalue weighted by Gasteiger charge is -2.28. The van der Waals surface area contributed by atoms with Crippen LogP contribution in [-0.2, 0) is 10.8 Å². The number of nitrogens with zero attached hydrogens (tertiary/aromatic N) is 2. The summed E-state index contributed by atoms with van der Waals surface area (Å²) in [6, 6.07) is 72.2. The summed E-state index contributed by atoms with van der Waals surface area (Å²) in [4.78, 5) is 2.42. The Kier molecular flexibility index (Phi) is 8.67. The van der Waals surface area contributed by atoms with Gasteiger partial charge in [-0.2, -0.15) is 0 Å². The van der Waals surface area contributed by atoms with E-state index in [0.29, 0.717) is 0 Å². The highest BCUT2D eigenvalue weighted by molar-refractivity contribution is 6.27. The van der Waals surface area contributed by atoms with Gasteiger partial charge < -0.3 is 9.47 Å². The minimum absolute atomic E-state index is 0.0408. The molecular formula is C60H50N2. The Morgan fingerprint density at radius 2 is 0.839 bits per heavy atom. The number of anilines is 3. The molecule has 0 radical (unpaired) electrons. The van der Waals surface area contributed by atoms with Gasteiger partial charge in [-0.3, -0.25) is 0 Å². The fourth-order valence-corrected chi connectivity index (χ4v) is 9.69. The summed E-state index contributed by atoms with van der Waals surface area (Å²) < 4.78 is 2.52. The van der Waals surface area contributed by atoms with Gasteiger partial charge in [0.05, 0.1) is 22.4 Å². The summed E-state index contributed by atoms with van der Waals surface area (Å²) in [5.41, 5.74) is 14.7. The van der Waals surface area contributed by atoms with E-state index in [1.165, 1.54) is 93.2 Å². The van der Waals surface area contributed by atoms with E-state index in [4.69, 9.17) is 0 Å². The van der Waals surface area contributed by atoms with Gasteiger partial charge in [-0.15, -0.1) is 0 Å². The average molecular weight is 799 g/mol. The first kappa shape index (κ1) is 37.8. The van der Waals surface area contributed by atoms with Gasteiger partial charge in [0.25, 0.3) is 0 Å². The van der Waals surface area contributed by atoms with Crippen LogP contribution in [0.15, 0.2) is 194 Å². The van der Waals surface area contributed by atoms with E-state index in [1.807, 2.05) is 0 Å². The van der Waals surface area contributed by atoms with Gasteiger partial charge >= 0.3 is 0 Å². The van der Waals surface area contributed by atoms with Crippen LogP contribution in [0.25, 0.3) is 82.1 Å². The van der Waals surface area contributed by atoms with Crippen LogP contribution >= 0.6 is 0 Å². The Morgan fingerprint density at radius 1 is 0.355 bits per heavy atom. The first-order valence-corrected chi connectivity index (χ1v) is 21.9. The molecule has 0 atom stereocenters. The molecule has 300 valence electrons. The van der Waals surface area contributed by atoms with Gasteiger partial charge in [-0.05, 0) is 132 Å². The highest BCUT2D eigenvalue weighted by Gasteiger charge is 2.24. The van der Waals surface area contributed by atoms with E-state index in [1.54, 1.807) is 0 Å². The summed E-state index contributed by atoms with van der Waals surface area (Å²) in [5, 5.41) is 10.2. The number of rotatable bonds is 6. The molecule has 62 heavy (non-hydrogen) atoms. The standard InChI is InChI=1S/C60H50N2/c1-59(2,3)45-26-34-55-51(37-45)52-38-46(60(4,5)6)27-35-56(52)62(55)54-33-25-42-22-30-49-53(32-24-41-23-31-50(54)58(42)57(41)49)61(47-18-11-8-12-19-47)48-28-20-40(21-29-48)44-17-13-16-43(36-44)39-14-9-7-10-15-39/h7-38H,1-6H3. The average Bonchev–Trinajstić information content (AvgIpc) is 3.62. The zero-order chi connectivity index (χ0) is 42.3. The summed E-state index contributed by atoms with van der Waals surface area (Å²) in [6.07, 6.45) is 0. The molecule has 1 heterocycles. The van der Waals surface area contributed by atoms with Crippen LogP contribution in [0.4, 0.5) is 17.1 Å². The molecule has 10 aromatic carbocycles. The van der Waals surface area contributed by atoms with E-state index in [2.05, 4.69) is 245 Å². The molecular weight excluding hydrogens is 749 g/mol. The second-order valence-corrected chi connectivity index (χ2v) is 19.1. The van der Waals surface area contributed by atoms with Crippen molar-refractivity contribution in [2.24, 2.45) is 0 Å². The molecule has 0 unspecified atom stereocenters. The molecule has 2 nitrogen and oxygen atoms in total. The van der Waals surface area contributed by atoms with Gasteiger partial charge in [0, 0.05) is 32.9 Å². The second kappa shape index (κ2) is 14.2. The lowest BCUT2D eigenvalue weighted by Crippen LogP contribution is -2.10. The fourth-order valence-electron chi connectivity index (χ4n) is 9.69. The van der Waals surface area contributed by atoms with Crippen molar-refractivity contribution in [3.05, 3.63) is 205 Å². The van der Waals surface area contributed by atoms with Crippen molar-refractivity contribution in [1.82, 2.24) is 4.57 Å². The van der Waals surface area contributed by atoms with Crippen molar-refractivity contribution in [1.29, 1.82) is 0 Å². The zero-order valence-corrected chi connectivity index (χ0v) is 36.4. The number of hydrogen-bond donors (Lipinski definition) is 0. The third-order valence-electron chi connectivity index (χ3n) is 13.0. The van der Waals surface area contributed by atoms with Crippen LogP contribution in [0.1, 0.15) is 52.7 Å². The maximum atomic E-state index is 2.52. The molecule has 0 spiro atoms. The van der Waals surface area contributed by atoms with Gasteiger partial charge in [-0.1, -0.05) is 169 Å². The lowest BCUT2D eigenvalue weighted by molar-refractivity contribution is 0.590. The Morgan fingerprint density at radius 3 is 1.44 bits per heavy atom. The molecule has 0 amide bonds. The third kappa shape index (κ3) is 6.24. The third-order valence-corrected chi connectivity index (χ3v) is 13.0. The van der Waals surface area contributed by atoms with Crippen molar-refractivity contribution in [2.45, 2.75) is 52.4 Å². The minimum atomic E-state index is 0.0408. The number of aromatic nitrogens is 1. The fraction of sp³-hybridized carbons (Fsp3) is 0.133. The number of hydrogen-bond acceptors (Lipinski definition) is 1. The molecule has 0 N–H and O–H groups in total. The molecule has 0 aliphatic heterocycles. The lowest BCUT2D eigenvalue weighted by atomic mass is 9.85. The quantitative estimate of drug-likeness (QED) is 0.152. The van der Waals surface area contributed by atoms with Crippen molar-refractivity contribution in [2.75, 3.05) is 4.90 Å². The summed E-state index contributed by atoms with van der Waals surface area (Å²) >= 11 is 0. The maximum Gasteiger partial charge on any atom is 0.0541 e. The Labute approximate surface area is 364 Å². The molecule has 0 bridgehead atoms. The van der Waals surface area contributed by atoms with E-state index in [9.17, 15) is 0 Å². The first-order chi connectivity index (χ1) is 30.0. The summed E-state index contributed by atoms with van der Waals surface area (Å²) in [7, 11) is 0. The van der Waals surface area contributed by atoms with Crippen molar-refractivity contribution in [3.63, 3.8) is 0 Å². The van der Waals surface area contributed by atoms with E-state index >= 15 is 0 Å². The molecule has 2 heteroatoms. The predicted molar refractivity (Wildman–Crippen MR) is 267 cm³/mol. The minimum Gasteiger partial charge on any atom is -0.310 e. The van der Waals surface area contributed by atoms with Crippen molar-refractivity contribution in [3.8, 4) is 27.9 Å². The van der Waals surface area contributed by atoms with Gasteiger partial charge in [0.2, 0.25) is 0 Å². The van der Waals surface area contributed by atoms with Gasteiger partial charge in [0.1, 0.15) is 0 Å². The molecule has 0 saturated heterocycles. The molecule has 11 rings (SSSR count). The number of benzene rings is 10. The van der Waals surface area contributed by atoms with Crippen LogP contribution in [0.3, 0.4) is 0 Å². The normalized spacial score (nSPS) is 12.4. The van der Waals surface area contributed by atoms with Crippen LogP contribution in [-0.4, -0.2) is 4.57 Å². The molecule has 0 aliphatic rings. The SMILES string of the molecule is CC(C)(C)c1ccc2c(c1)c1cc(C(C)(C)C)ccc1n2-c1ccc2ccc3c(N(c4ccccc4)c4ccc(-c5cccc(-c6ccccc6)c5)cc4)ccc4ccc1c2c43. The monoisotopic (exact) mass is 798 g/mol.